The number of alkyl halides is 3. The highest BCUT2D eigenvalue weighted by molar-refractivity contribution is 6.02. The van der Waals surface area contributed by atoms with Crippen LogP contribution in [0.4, 0.5) is 13.2 Å². The molecule has 2 aliphatic heterocycles. The number of benzene rings is 1. The summed E-state index contributed by atoms with van der Waals surface area (Å²) in [5, 5.41) is 0. The molecule has 212 valence electrons. The van der Waals surface area contributed by atoms with E-state index in [9.17, 15) is 27.6 Å². The number of nitrogens with zero attached hydrogens (tertiary/aromatic N) is 4. The van der Waals surface area contributed by atoms with Gasteiger partial charge >= 0.3 is 6.18 Å². The van der Waals surface area contributed by atoms with Crippen molar-refractivity contribution in [3.8, 4) is 5.75 Å². The summed E-state index contributed by atoms with van der Waals surface area (Å²) >= 11 is 0. The van der Waals surface area contributed by atoms with Crippen molar-refractivity contribution in [1.82, 2.24) is 14.3 Å². The lowest BCUT2D eigenvalue weighted by molar-refractivity contribution is -0.139. The number of imide groups is 1. The van der Waals surface area contributed by atoms with E-state index in [1.54, 1.807) is 10.7 Å². The number of amides is 3. The minimum atomic E-state index is -4.69. The first-order chi connectivity index (χ1) is 18.3. The summed E-state index contributed by atoms with van der Waals surface area (Å²) in [5.74, 6) is -1.70. The summed E-state index contributed by atoms with van der Waals surface area (Å²) in [6, 6.07) is 4.35. The molecule has 12 heteroatoms. The molecule has 0 unspecified atom stereocenters. The van der Waals surface area contributed by atoms with Gasteiger partial charge in [-0.25, -0.2) is 0 Å². The fourth-order valence-electron chi connectivity index (χ4n) is 4.85. The number of aromatic nitrogens is 2. The van der Waals surface area contributed by atoms with E-state index in [1.165, 1.54) is 0 Å². The second-order valence-corrected chi connectivity index (χ2v) is 10.8. The molecular formula is C27H33F3N4O5. The van der Waals surface area contributed by atoms with E-state index in [2.05, 4.69) is 4.99 Å². The number of hydrogen-bond donors (Lipinski definition) is 0. The molecule has 0 saturated carbocycles. The average Bonchev–Trinajstić information content (AvgIpc) is 3.56. The average molecular weight is 551 g/mol. The maximum Gasteiger partial charge on any atom is 0.416 e. The number of carbonyl (C=O) groups excluding carboxylic acids is 3. The third kappa shape index (κ3) is 6.43. The molecule has 2 fully saturated rings. The Hall–Kier alpha value is -3.41. The molecule has 1 aromatic heterocycles. The van der Waals surface area contributed by atoms with E-state index in [1.807, 2.05) is 32.5 Å². The van der Waals surface area contributed by atoms with Crippen LogP contribution in [0, 0.1) is 0 Å². The fourth-order valence-corrected chi connectivity index (χ4v) is 4.85. The van der Waals surface area contributed by atoms with Gasteiger partial charge in [0.15, 0.2) is 5.49 Å². The first-order valence-electron chi connectivity index (χ1n) is 12.9. The van der Waals surface area contributed by atoms with Gasteiger partial charge < -0.3 is 9.47 Å². The minimum Gasteiger partial charge on any atom is -0.491 e. The normalized spacial score (nSPS) is 18.9. The van der Waals surface area contributed by atoms with Crippen LogP contribution in [0.3, 0.4) is 0 Å². The van der Waals surface area contributed by atoms with E-state index in [0.29, 0.717) is 24.7 Å². The smallest absolute Gasteiger partial charge is 0.416 e. The highest BCUT2D eigenvalue weighted by atomic mass is 19.4. The van der Waals surface area contributed by atoms with Crippen LogP contribution < -0.4 is 10.2 Å². The summed E-state index contributed by atoms with van der Waals surface area (Å²) in [7, 11) is 1.85. The molecule has 2 aromatic rings. The Labute approximate surface area is 224 Å². The van der Waals surface area contributed by atoms with Gasteiger partial charge in [0.05, 0.1) is 30.3 Å². The summed E-state index contributed by atoms with van der Waals surface area (Å²) in [5.41, 5.74) is -0.506. The summed E-state index contributed by atoms with van der Waals surface area (Å²) < 4.78 is 55.7. The molecule has 4 rings (SSSR count). The molecule has 2 aliphatic rings. The van der Waals surface area contributed by atoms with Gasteiger partial charge in [0, 0.05) is 43.7 Å². The number of halogens is 3. The van der Waals surface area contributed by atoms with Crippen LogP contribution in [0.2, 0.25) is 0 Å². The monoisotopic (exact) mass is 550 g/mol. The van der Waals surface area contributed by atoms with Gasteiger partial charge in [-0.1, -0.05) is 20.8 Å². The van der Waals surface area contributed by atoms with Crippen LogP contribution in [0.1, 0.15) is 68.1 Å². The Morgan fingerprint density at radius 3 is 2.41 bits per heavy atom. The van der Waals surface area contributed by atoms with Crippen LogP contribution >= 0.6 is 0 Å². The lowest BCUT2D eigenvalue weighted by Gasteiger charge is -2.21. The van der Waals surface area contributed by atoms with Crippen molar-refractivity contribution in [1.29, 1.82) is 0 Å². The van der Waals surface area contributed by atoms with Crippen molar-refractivity contribution in [2.75, 3.05) is 19.8 Å². The molecule has 0 spiro atoms. The number of carbonyl (C=O) groups is 3. The number of likely N-dealkylation sites (tertiary alicyclic amines) is 1. The largest absolute Gasteiger partial charge is 0.491 e. The fraction of sp³-hybridized carbons (Fsp3) is 0.556. The topological polar surface area (TPSA) is 95.1 Å². The molecule has 3 amide bonds. The number of rotatable bonds is 7. The van der Waals surface area contributed by atoms with Crippen LogP contribution in [0.15, 0.2) is 29.3 Å². The zero-order chi connectivity index (χ0) is 28.5. The Bertz CT molecular complexity index is 1310. The van der Waals surface area contributed by atoms with E-state index < -0.39 is 17.6 Å². The van der Waals surface area contributed by atoms with Crippen LogP contribution in [-0.2, 0) is 39.5 Å². The highest BCUT2D eigenvalue weighted by Crippen LogP contribution is 2.33. The Morgan fingerprint density at radius 2 is 1.82 bits per heavy atom. The van der Waals surface area contributed by atoms with Gasteiger partial charge in [-0.05, 0) is 31.0 Å². The van der Waals surface area contributed by atoms with E-state index in [4.69, 9.17) is 9.47 Å². The molecule has 2 saturated heterocycles. The molecule has 39 heavy (non-hydrogen) atoms. The molecule has 0 N–H and O–H groups in total. The lowest BCUT2D eigenvalue weighted by atomic mass is 9.92. The Kier molecular flexibility index (Phi) is 8.06. The number of hydrogen-bond acceptors (Lipinski definition) is 5. The standard InChI is InChI=1S/C27H33F3N4O5/c1-26(2,3)21-15-22(34(32(21)4)16-18-6-5-12-38-18)31-25(37)19-14-17(27(28,29)30)7-8-20(19)39-13-11-33-23(35)9-10-24(33)36/h7-8,14-15,18H,5-6,9-13,16H2,1-4H3/t18-/m1/s1. The first kappa shape index (κ1) is 28.6. The van der Waals surface area contributed by atoms with Crippen molar-refractivity contribution in [3.05, 3.63) is 46.6 Å². The number of ether oxygens (including phenoxy) is 2. The molecule has 3 heterocycles. The van der Waals surface area contributed by atoms with Gasteiger partial charge in [-0.2, -0.15) is 18.2 Å². The predicted octanol–water partition coefficient (Wildman–Crippen LogP) is 3.59. The molecule has 9 nitrogen and oxygen atoms in total. The molecular weight excluding hydrogens is 517 g/mol. The van der Waals surface area contributed by atoms with Crippen molar-refractivity contribution in [2.24, 2.45) is 12.0 Å². The second-order valence-electron chi connectivity index (χ2n) is 10.8. The van der Waals surface area contributed by atoms with Gasteiger partial charge in [-0.15, -0.1) is 0 Å². The van der Waals surface area contributed by atoms with Crippen LogP contribution in [0.25, 0.3) is 0 Å². The maximum atomic E-state index is 13.5. The maximum absolute atomic E-state index is 13.5. The Balaban J connectivity index is 1.69. The third-order valence-corrected chi connectivity index (χ3v) is 6.89. The highest BCUT2D eigenvalue weighted by Gasteiger charge is 2.33. The van der Waals surface area contributed by atoms with Gasteiger partial charge in [0.2, 0.25) is 11.8 Å². The molecule has 0 bridgehead atoms. The van der Waals surface area contributed by atoms with Gasteiger partial charge in [0.25, 0.3) is 5.91 Å². The summed E-state index contributed by atoms with van der Waals surface area (Å²) in [6.45, 7) is 6.87. The van der Waals surface area contributed by atoms with Crippen molar-refractivity contribution >= 4 is 17.7 Å². The van der Waals surface area contributed by atoms with Crippen molar-refractivity contribution < 1.29 is 37.0 Å². The van der Waals surface area contributed by atoms with Gasteiger partial charge in [-0.3, -0.25) is 28.6 Å². The van der Waals surface area contributed by atoms with Crippen molar-refractivity contribution in [2.45, 2.75) is 70.7 Å². The van der Waals surface area contributed by atoms with E-state index in [0.717, 1.165) is 35.6 Å². The van der Waals surface area contributed by atoms with Crippen LogP contribution in [0.5, 0.6) is 5.75 Å². The summed E-state index contributed by atoms with van der Waals surface area (Å²) in [6.07, 6.45) is -2.75. The van der Waals surface area contributed by atoms with E-state index >= 15 is 0 Å². The zero-order valence-corrected chi connectivity index (χ0v) is 22.5. The predicted molar refractivity (Wildman–Crippen MR) is 134 cm³/mol. The first-order valence-corrected chi connectivity index (χ1v) is 12.9. The lowest BCUT2D eigenvalue weighted by Crippen LogP contribution is -2.33. The summed E-state index contributed by atoms with van der Waals surface area (Å²) in [4.78, 5) is 42.4. The minimum absolute atomic E-state index is 0.0658. The van der Waals surface area contributed by atoms with E-state index in [-0.39, 0.29) is 60.6 Å². The molecule has 0 aliphatic carbocycles. The second kappa shape index (κ2) is 11.0. The molecule has 1 aromatic carbocycles. The van der Waals surface area contributed by atoms with Crippen molar-refractivity contribution in [3.63, 3.8) is 0 Å². The molecule has 1 atom stereocenters. The third-order valence-electron chi connectivity index (χ3n) is 6.89. The zero-order valence-electron chi connectivity index (χ0n) is 22.5. The van der Waals surface area contributed by atoms with Gasteiger partial charge in [0.1, 0.15) is 12.4 Å². The quantitative estimate of drug-likeness (QED) is 0.491. The molecule has 0 radical (unpaired) electrons. The van der Waals surface area contributed by atoms with Crippen LogP contribution in [-0.4, -0.2) is 57.8 Å². The Morgan fingerprint density at radius 1 is 1.13 bits per heavy atom. The SMILES string of the molecule is Cn1c(C(C)(C)C)cc(=NC(=O)c2cc(C(F)(F)F)ccc2OCCN2C(=O)CCC2=O)n1C[C@H]1CCCO1.